The van der Waals surface area contributed by atoms with Crippen LogP contribution in [0.25, 0.3) is 0 Å². The topological polar surface area (TPSA) is 75.4 Å². The van der Waals surface area contributed by atoms with Crippen molar-refractivity contribution in [3.63, 3.8) is 0 Å². The van der Waals surface area contributed by atoms with Crippen LogP contribution < -0.4 is 16.0 Å². The molecule has 1 heterocycles. The van der Waals surface area contributed by atoms with Gasteiger partial charge in [-0.25, -0.2) is 0 Å². The zero-order chi connectivity index (χ0) is 16.4. The van der Waals surface area contributed by atoms with Crippen molar-refractivity contribution in [2.24, 2.45) is 11.7 Å². The molecular formula is C17H22BrN3O2. The maximum absolute atomic E-state index is 12.6. The van der Waals surface area contributed by atoms with Crippen molar-refractivity contribution in [2.75, 3.05) is 11.4 Å². The van der Waals surface area contributed by atoms with Crippen LogP contribution in [0.5, 0.6) is 0 Å². The van der Waals surface area contributed by atoms with Gasteiger partial charge in [-0.15, -0.1) is 0 Å². The molecule has 1 saturated heterocycles. The molecule has 6 heteroatoms. The summed E-state index contributed by atoms with van der Waals surface area (Å²) < 4.78 is 0.871. The fourth-order valence-corrected chi connectivity index (χ4v) is 3.90. The van der Waals surface area contributed by atoms with Gasteiger partial charge in [-0.3, -0.25) is 9.59 Å². The Balaban J connectivity index is 1.62. The van der Waals surface area contributed by atoms with Crippen LogP contribution in [0.4, 0.5) is 5.69 Å². The van der Waals surface area contributed by atoms with E-state index in [1.165, 1.54) is 0 Å². The van der Waals surface area contributed by atoms with Crippen LogP contribution >= 0.6 is 15.9 Å². The second-order valence-corrected chi connectivity index (χ2v) is 7.26. The summed E-state index contributed by atoms with van der Waals surface area (Å²) in [7, 11) is 0. The summed E-state index contributed by atoms with van der Waals surface area (Å²) in [6.45, 7) is 0.578. The molecule has 3 N–H and O–H groups in total. The Labute approximate surface area is 144 Å². The number of halogens is 1. The number of nitrogens with one attached hydrogen (secondary N) is 1. The quantitative estimate of drug-likeness (QED) is 0.790. The molecule has 1 aromatic carbocycles. The molecule has 0 spiro atoms. The number of para-hydroxylation sites is 1. The highest BCUT2D eigenvalue weighted by atomic mass is 79.9. The second-order valence-electron chi connectivity index (χ2n) is 6.40. The molecule has 2 fully saturated rings. The molecule has 1 aliphatic heterocycles. The fraction of sp³-hybridized carbons (Fsp3) is 0.529. The van der Waals surface area contributed by atoms with Crippen molar-refractivity contribution in [3.8, 4) is 0 Å². The van der Waals surface area contributed by atoms with Crippen molar-refractivity contribution in [1.82, 2.24) is 5.32 Å². The average molecular weight is 380 g/mol. The summed E-state index contributed by atoms with van der Waals surface area (Å²) in [5.41, 5.74) is 6.72. The van der Waals surface area contributed by atoms with Crippen molar-refractivity contribution >= 4 is 33.4 Å². The van der Waals surface area contributed by atoms with Gasteiger partial charge in [0, 0.05) is 23.1 Å². The molecule has 1 aromatic rings. The van der Waals surface area contributed by atoms with E-state index in [0.717, 1.165) is 35.8 Å². The predicted octanol–water partition coefficient (Wildman–Crippen LogP) is 2.19. The monoisotopic (exact) mass is 379 g/mol. The van der Waals surface area contributed by atoms with E-state index in [-0.39, 0.29) is 23.9 Å². The highest BCUT2D eigenvalue weighted by Gasteiger charge is 2.38. The van der Waals surface area contributed by atoms with Gasteiger partial charge in [0.15, 0.2) is 0 Å². The van der Waals surface area contributed by atoms with Gasteiger partial charge in [0.05, 0.1) is 5.69 Å². The Morgan fingerprint density at radius 3 is 2.57 bits per heavy atom. The Hall–Kier alpha value is -1.40. The third kappa shape index (κ3) is 3.58. The average Bonchev–Trinajstić information content (AvgIpc) is 2.92. The standard InChI is InChI=1S/C17H22BrN3O2/c18-14-3-1-2-4-15(14)21-10-9-13(17(21)23)16(22)20-12-7-5-11(19)6-8-12/h1-4,11-13H,5-10,19H2,(H,20,22). The van der Waals surface area contributed by atoms with Crippen LogP contribution in [-0.4, -0.2) is 30.4 Å². The van der Waals surface area contributed by atoms with Crippen molar-refractivity contribution < 1.29 is 9.59 Å². The predicted molar refractivity (Wildman–Crippen MR) is 93.0 cm³/mol. The van der Waals surface area contributed by atoms with Gasteiger partial charge in [-0.05, 0) is 60.2 Å². The number of benzene rings is 1. The Morgan fingerprint density at radius 1 is 1.17 bits per heavy atom. The lowest BCUT2D eigenvalue weighted by Gasteiger charge is -2.27. The van der Waals surface area contributed by atoms with E-state index in [1.807, 2.05) is 24.3 Å². The number of hydrogen-bond donors (Lipinski definition) is 2. The van der Waals surface area contributed by atoms with Crippen LogP contribution in [0, 0.1) is 5.92 Å². The first-order valence-electron chi connectivity index (χ1n) is 8.18. The second kappa shape index (κ2) is 7.01. The molecule has 2 amide bonds. The maximum Gasteiger partial charge on any atom is 0.239 e. The summed E-state index contributed by atoms with van der Waals surface area (Å²) in [5.74, 6) is -0.815. The van der Waals surface area contributed by atoms with Crippen LogP contribution in [0.3, 0.4) is 0 Å². The van der Waals surface area contributed by atoms with Crippen molar-refractivity contribution in [3.05, 3.63) is 28.7 Å². The molecule has 23 heavy (non-hydrogen) atoms. The summed E-state index contributed by atoms with van der Waals surface area (Å²) in [5, 5.41) is 3.04. The van der Waals surface area contributed by atoms with Gasteiger partial charge < -0.3 is 16.0 Å². The fourth-order valence-electron chi connectivity index (χ4n) is 3.40. The highest BCUT2D eigenvalue weighted by molar-refractivity contribution is 9.10. The number of carbonyl (C=O) groups is 2. The van der Waals surface area contributed by atoms with Gasteiger partial charge in [-0.1, -0.05) is 12.1 Å². The van der Waals surface area contributed by atoms with E-state index in [1.54, 1.807) is 4.90 Å². The molecule has 0 aromatic heterocycles. The van der Waals surface area contributed by atoms with Gasteiger partial charge in [0.2, 0.25) is 11.8 Å². The first-order chi connectivity index (χ1) is 11.1. The lowest BCUT2D eigenvalue weighted by Crippen LogP contribution is -2.44. The van der Waals surface area contributed by atoms with E-state index in [2.05, 4.69) is 21.2 Å². The number of anilines is 1. The minimum Gasteiger partial charge on any atom is -0.353 e. The number of hydrogen-bond acceptors (Lipinski definition) is 3. The Morgan fingerprint density at radius 2 is 1.87 bits per heavy atom. The molecular weight excluding hydrogens is 358 g/mol. The third-order valence-electron chi connectivity index (χ3n) is 4.78. The summed E-state index contributed by atoms with van der Waals surface area (Å²) in [6, 6.07) is 8.01. The molecule has 1 saturated carbocycles. The molecule has 1 unspecified atom stereocenters. The number of rotatable bonds is 3. The molecule has 3 rings (SSSR count). The molecule has 2 aliphatic rings. The van der Waals surface area contributed by atoms with Crippen LogP contribution in [0.15, 0.2) is 28.7 Å². The Kier molecular flexibility index (Phi) is 5.02. The van der Waals surface area contributed by atoms with Gasteiger partial charge in [-0.2, -0.15) is 0 Å². The van der Waals surface area contributed by atoms with Gasteiger partial charge in [0.1, 0.15) is 5.92 Å². The minimum atomic E-state index is -0.572. The molecule has 5 nitrogen and oxygen atoms in total. The largest absolute Gasteiger partial charge is 0.353 e. The summed E-state index contributed by atoms with van der Waals surface area (Å²) in [4.78, 5) is 26.8. The normalized spacial score (nSPS) is 28.0. The maximum atomic E-state index is 12.6. The molecule has 1 atom stereocenters. The van der Waals surface area contributed by atoms with E-state index in [0.29, 0.717) is 13.0 Å². The molecule has 0 bridgehead atoms. The number of nitrogens with zero attached hydrogens (tertiary/aromatic N) is 1. The van der Waals surface area contributed by atoms with Crippen molar-refractivity contribution in [2.45, 2.75) is 44.2 Å². The Bertz CT molecular complexity index is 599. The first kappa shape index (κ1) is 16.5. The smallest absolute Gasteiger partial charge is 0.239 e. The highest BCUT2D eigenvalue weighted by Crippen LogP contribution is 2.31. The third-order valence-corrected chi connectivity index (χ3v) is 5.45. The minimum absolute atomic E-state index is 0.109. The van der Waals surface area contributed by atoms with E-state index in [4.69, 9.17) is 5.73 Å². The number of carbonyl (C=O) groups excluding carboxylic acids is 2. The molecule has 0 radical (unpaired) electrons. The zero-order valence-electron chi connectivity index (χ0n) is 13.0. The first-order valence-corrected chi connectivity index (χ1v) is 8.97. The van der Waals surface area contributed by atoms with Crippen LogP contribution in [0.1, 0.15) is 32.1 Å². The zero-order valence-corrected chi connectivity index (χ0v) is 14.6. The summed E-state index contributed by atoms with van der Waals surface area (Å²) in [6.07, 6.45) is 4.25. The SMILES string of the molecule is NC1CCC(NC(=O)C2CCN(c3ccccc3Br)C2=O)CC1. The van der Waals surface area contributed by atoms with E-state index < -0.39 is 5.92 Å². The number of nitrogens with two attached hydrogens (primary N) is 1. The van der Waals surface area contributed by atoms with Crippen LogP contribution in [0.2, 0.25) is 0 Å². The van der Waals surface area contributed by atoms with E-state index in [9.17, 15) is 9.59 Å². The van der Waals surface area contributed by atoms with Gasteiger partial charge in [0.25, 0.3) is 0 Å². The van der Waals surface area contributed by atoms with Crippen LogP contribution in [-0.2, 0) is 9.59 Å². The molecule has 124 valence electrons. The van der Waals surface area contributed by atoms with Gasteiger partial charge >= 0.3 is 0 Å². The summed E-state index contributed by atoms with van der Waals surface area (Å²) >= 11 is 3.47. The van der Waals surface area contributed by atoms with E-state index >= 15 is 0 Å². The van der Waals surface area contributed by atoms with Crippen molar-refractivity contribution in [1.29, 1.82) is 0 Å². The lowest BCUT2D eigenvalue weighted by atomic mass is 9.91. The lowest BCUT2D eigenvalue weighted by molar-refractivity contribution is -0.132. The molecule has 1 aliphatic carbocycles. The number of amides is 2.